The van der Waals surface area contributed by atoms with Gasteiger partial charge in [-0.15, -0.1) is 0 Å². The molecule has 0 N–H and O–H groups in total. The molecule has 0 amide bonds. The van der Waals surface area contributed by atoms with Crippen molar-refractivity contribution in [3.8, 4) is 5.75 Å². The predicted molar refractivity (Wildman–Crippen MR) is 57.8 cm³/mol. The van der Waals surface area contributed by atoms with Crippen LogP contribution in [0.3, 0.4) is 0 Å². The Bertz CT molecular complexity index is 540. The third kappa shape index (κ3) is 1.37. The van der Waals surface area contributed by atoms with Gasteiger partial charge < -0.3 is 4.74 Å². The van der Waals surface area contributed by atoms with Crippen LogP contribution in [0.2, 0.25) is 0 Å². The van der Waals surface area contributed by atoms with Crippen LogP contribution in [0.4, 0.5) is 0 Å². The number of hydrogen-bond donors (Lipinski definition) is 0. The molecule has 0 unspecified atom stereocenters. The van der Waals surface area contributed by atoms with E-state index in [0.717, 1.165) is 25.0 Å². The van der Waals surface area contributed by atoms with Crippen molar-refractivity contribution >= 4 is 18.1 Å². The lowest BCUT2D eigenvalue weighted by Crippen LogP contribution is -2.33. The van der Waals surface area contributed by atoms with Crippen molar-refractivity contribution < 1.29 is 9.53 Å². The molecule has 0 saturated heterocycles. The Morgan fingerprint density at radius 1 is 1.07 bits per heavy atom. The Hall–Kier alpha value is -1.57. The Morgan fingerprint density at radius 2 is 1.93 bits per heavy atom. The molecule has 1 aliphatic carbocycles. The number of rotatable bonds is 0. The number of ether oxygens (including phenoxy) is 1. The zero-order valence-electron chi connectivity index (χ0n) is 8.45. The van der Waals surface area contributed by atoms with Crippen LogP contribution in [-0.4, -0.2) is 5.97 Å². The Balaban J connectivity index is 2.29. The van der Waals surface area contributed by atoms with E-state index in [4.69, 9.17) is 4.74 Å². The summed E-state index contributed by atoms with van der Waals surface area (Å²) >= 11 is 0. The van der Waals surface area contributed by atoms with Crippen molar-refractivity contribution in [2.45, 2.75) is 25.7 Å². The monoisotopic (exact) mass is 200 g/mol. The van der Waals surface area contributed by atoms with E-state index in [1.165, 1.54) is 16.0 Å². The highest BCUT2D eigenvalue weighted by Gasteiger charge is 2.18. The Labute approximate surface area is 87.9 Å². The van der Waals surface area contributed by atoms with Gasteiger partial charge in [-0.2, -0.15) is 0 Å². The summed E-state index contributed by atoms with van der Waals surface area (Å²) in [6, 6.07) is 3.96. The number of hydrogen-bond acceptors (Lipinski definition) is 2. The summed E-state index contributed by atoms with van der Waals surface area (Å²) in [7, 11) is 0. The van der Waals surface area contributed by atoms with E-state index in [1.54, 1.807) is 0 Å². The second kappa shape index (κ2) is 3.23. The van der Waals surface area contributed by atoms with Crippen molar-refractivity contribution in [1.82, 2.24) is 0 Å². The normalized spacial score (nSPS) is 18.0. The van der Waals surface area contributed by atoms with Crippen LogP contribution in [0.1, 0.15) is 24.8 Å². The van der Waals surface area contributed by atoms with Gasteiger partial charge in [-0.25, -0.2) is 0 Å². The first-order valence-corrected chi connectivity index (χ1v) is 5.37. The first-order valence-electron chi connectivity index (χ1n) is 5.37. The van der Waals surface area contributed by atoms with E-state index in [2.05, 4.69) is 12.2 Å². The molecule has 1 aromatic rings. The number of carbonyl (C=O) groups is 1. The van der Waals surface area contributed by atoms with E-state index in [0.29, 0.717) is 6.42 Å². The van der Waals surface area contributed by atoms with Gasteiger partial charge in [-0.1, -0.05) is 18.2 Å². The van der Waals surface area contributed by atoms with Gasteiger partial charge in [-0.3, -0.25) is 4.79 Å². The predicted octanol–water partition coefficient (Wildman–Crippen LogP) is 0.893. The molecule has 0 aromatic heterocycles. The molecule has 2 nitrogen and oxygen atoms in total. The van der Waals surface area contributed by atoms with E-state index < -0.39 is 0 Å². The highest BCUT2D eigenvalue weighted by molar-refractivity contribution is 5.75. The molecule has 2 heteroatoms. The first kappa shape index (κ1) is 8.72. The average molecular weight is 200 g/mol. The number of fused-ring (bicyclic) bond motifs is 3. The lowest BCUT2D eigenvalue weighted by atomic mass is 9.98. The molecule has 3 rings (SSSR count). The fourth-order valence-electron chi connectivity index (χ4n) is 2.30. The molecule has 1 aromatic carbocycles. The average Bonchev–Trinajstić information content (AvgIpc) is 2.28. The zero-order valence-corrected chi connectivity index (χ0v) is 8.45. The minimum Gasteiger partial charge on any atom is -0.426 e. The van der Waals surface area contributed by atoms with Crippen LogP contribution in [0.5, 0.6) is 5.75 Å². The lowest BCUT2D eigenvalue weighted by molar-refractivity contribution is -0.135. The fraction of sp³-hybridized carbons (Fsp3) is 0.308. The van der Waals surface area contributed by atoms with Crippen molar-refractivity contribution in [2.75, 3.05) is 0 Å². The third-order valence-electron chi connectivity index (χ3n) is 3.03. The van der Waals surface area contributed by atoms with E-state index >= 15 is 0 Å². The maximum absolute atomic E-state index is 11.2. The zero-order chi connectivity index (χ0) is 10.3. The molecule has 1 heterocycles. The summed E-state index contributed by atoms with van der Waals surface area (Å²) in [4.78, 5) is 11.2. The molecule has 1 aliphatic heterocycles. The summed E-state index contributed by atoms with van der Waals surface area (Å²) in [6.45, 7) is 0. The molecule has 0 atom stereocenters. The molecule has 0 bridgehead atoms. The molecule has 15 heavy (non-hydrogen) atoms. The summed E-state index contributed by atoms with van der Waals surface area (Å²) in [5, 5.41) is 2.57. The number of esters is 1. The maximum Gasteiger partial charge on any atom is 0.311 e. The van der Waals surface area contributed by atoms with E-state index in [-0.39, 0.29) is 5.97 Å². The molecular weight excluding hydrogens is 188 g/mol. The molecule has 76 valence electrons. The molecular formula is C13H12O2. The standard InChI is InChI=1S/C13H12O2/c14-13-8-6-11-10-4-2-1-3-9(10)5-7-12(11)15-13/h3-5,7H,1-2,6,8H2. The first-order chi connectivity index (χ1) is 7.34. The molecule has 2 aliphatic rings. The van der Waals surface area contributed by atoms with Gasteiger partial charge in [-0.05, 0) is 35.8 Å². The van der Waals surface area contributed by atoms with Gasteiger partial charge in [0, 0.05) is 5.56 Å². The SMILES string of the molecule is O=C1CCc2c(ccc3c2=CCCC=3)O1. The van der Waals surface area contributed by atoms with Crippen molar-refractivity contribution in [1.29, 1.82) is 0 Å². The quantitative estimate of drug-likeness (QED) is 0.459. The molecule has 0 spiro atoms. The van der Waals surface area contributed by atoms with Gasteiger partial charge in [0.25, 0.3) is 0 Å². The largest absolute Gasteiger partial charge is 0.426 e. The number of benzene rings is 1. The lowest BCUT2D eigenvalue weighted by Gasteiger charge is -2.17. The minimum atomic E-state index is -0.109. The Morgan fingerprint density at radius 3 is 2.87 bits per heavy atom. The summed E-state index contributed by atoms with van der Waals surface area (Å²) in [6.07, 6.45) is 8.06. The maximum atomic E-state index is 11.2. The van der Waals surface area contributed by atoms with Crippen LogP contribution < -0.4 is 15.2 Å². The topological polar surface area (TPSA) is 26.3 Å². The molecule has 0 saturated carbocycles. The highest BCUT2D eigenvalue weighted by atomic mass is 16.5. The summed E-state index contributed by atoms with van der Waals surface area (Å²) < 4.78 is 5.23. The number of carbonyl (C=O) groups excluding carboxylic acids is 1. The van der Waals surface area contributed by atoms with Crippen molar-refractivity contribution in [2.24, 2.45) is 0 Å². The minimum absolute atomic E-state index is 0.109. The van der Waals surface area contributed by atoms with Crippen LogP contribution in [0, 0.1) is 0 Å². The molecule has 0 radical (unpaired) electrons. The van der Waals surface area contributed by atoms with E-state index in [1.807, 2.05) is 12.1 Å². The third-order valence-corrected chi connectivity index (χ3v) is 3.03. The fourth-order valence-corrected chi connectivity index (χ4v) is 2.30. The Kier molecular flexibility index (Phi) is 1.88. The second-order valence-electron chi connectivity index (χ2n) is 4.00. The second-order valence-corrected chi connectivity index (χ2v) is 4.00. The van der Waals surface area contributed by atoms with Crippen LogP contribution >= 0.6 is 0 Å². The van der Waals surface area contributed by atoms with E-state index in [9.17, 15) is 4.79 Å². The van der Waals surface area contributed by atoms with Crippen molar-refractivity contribution in [3.05, 3.63) is 28.1 Å². The summed E-state index contributed by atoms with van der Waals surface area (Å²) in [5.74, 6) is 0.652. The van der Waals surface area contributed by atoms with Gasteiger partial charge in [0.15, 0.2) is 0 Å². The van der Waals surface area contributed by atoms with Gasteiger partial charge in [0.2, 0.25) is 0 Å². The summed E-state index contributed by atoms with van der Waals surface area (Å²) in [5.41, 5.74) is 1.21. The van der Waals surface area contributed by atoms with Gasteiger partial charge in [0.05, 0.1) is 6.42 Å². The van der Waals surface area contributed by atoms with Crippen LogP contribution in [-0.2, 0) is 11.2 Å². The van der Waals surface area contributed by atoms with Crippen LogP contribution in [0.25, 0.3) is 12.2 Å². The van der Waals surface area contributed by atoms with Gasteiger partial charge in [0.1, 0.15) is 5.75 Å². The van der Waals surface area contributed by atoms with Crippen LogP contribution in [0.15, 0.2) is 12.1 Å². The highest BCUT2D eigenvalue weighted by Crippen LogP contribution is 2.20. The van der Waals surface area contributed by atoms with Gasteiger partial charge >= 0.3 is 5.97 Å². The molecule has 0 fully saturated rings. The van der Waals surface area contributed by atoms with Crippen molar-refractivity contribution in [3.63, 3.8) is 0 Å². The smallest absolute Gasteiger partial charge is 0.311 e.